The van der Waals surface area contributed by atoms with Crippen LogP contribution in [0.5, 0.6) is 0 Å². The van der Waals surface area contributed by atoms with Crippen molar-refractivity contribution in [3.63, 3.8) is 0 Å². The zero-order valence-corrected chi connectivity index (χ0v) is 27.2. The Bertz CT molecular complexity index is 1630. The van der Waals surface area contributed by atoms with E-state index in [2.05, 4.69) is 16.0 Å². The third kappa shape index (κ3) is 10.4. The van der Waals surface area contributed by atoms with Gasteiger partial charge in [0.15, 0.2) is 6.10 Å². The molecule has 266 valence electrons. The maximum absolute atomic E-state index is 13.9. The molecule has 50 heavy (non-hydrogen) atoms. The van der Waals surface area contributed by atoms with Crippen LogP contribution in [0.2, 0.25) is 0 Å². The summed E-state index contributed by atoms with van der Waals surface area (Å²) < 4.78 is 39.6. The van der Waals surface area contributed by atoms with Crippen molar-refractivity contribution in [3.05, 3.63) is 96.1 Å². The van der Waals surface area contributed by atoms with Gasteiger partial charge in [0.05, 0.1) is 12.6 Å². The van der Waals surface area contributed by atoms with Crippen LogP contribution in [0.1, 0.15) is 54.4 Å². The SMILES string of the molecule is NC(=O)CCC(NC(=O)CNC(=O)[C@H](Cc1ccccc1)NC(=O)C1(NC(=O)c2ccc(-c3ccccc3)cc2)CCCC1)C(O)C(F)(F)F. The molecule has 1 aliphatic rings. The topological polar surface area (TPSA) is 180 Å². The Morgan fingerprint density at radius 3 is 1.98 bits per heavy atom. The van der Waals surface area contributed by atoms with Gasteiger partial charge in [0, 0.05) is 18.4 Å². The second kappa shape index (κ2) is 16.9. The summed E-state index contributed by atoms with van der Waals surface area (Å²) in [5.74, 6) is -3.86. The van der Waals surface area contributed by atoms with Crippen LogP contribution in [0.15, 0.2) is 84.9 Å². The molecule has 0 aliphatic heterocycles. The number of primary amides is 1. The smallest absolute Gasteiger partial charge is 0.382 e. The van der Waals surface area contributed by atoms with Crippen LogP contribution >= 0.6 is 0 Å². The average molecular weight is 696 g/mol. The van der Waals surface area contributed by atoms with E-state index in [1.807, 2.05) is 47.8 Å². The second-order valence-electron chi connectivity index (χ2n) is 12.3. The van der Waals surface area contributed by atoms with Gasteiger partial charge in [-0.2, -0.15) is 13.2 Å². The van der Waals surface area contributed by atoms with Crippen molar-refractivity contribution in [2.75, 3.05) is 6.54 Å². The number of hydrogen-bond acceptors (Lipinski definition) is 6. The molecule has 3 atom stereocenters. The van der Waals surface area contributed by atoms with Crippen LogP contribution in [0, 0.1) is 0 Å². The quantitative estimate of drug-likeness (QED) is 0.142. The fourth-order valence-corrected chi connectivity index (χ4v) is 5.86. The number of rotatable bonds is 15. The largest absolute Gasteiger partial charge is 0.416 e. The Balaban J connectivity index is 1.45. The van der Waals surface area contributed by atoms with E-state index >= 15 is 0 Å². The van der Waals surface area contributed by atoms with Crippen molar-refractivity contribution in [2.24, 2.45) is 5.73 Å². The van der Waals surface area contributed by atoms with Gasteiger partial charge >= 0.3 is 6.18 Å². The molecule has 5 amide bonds. The number of nitrogens with one attached hydrogen (secondary N) is 4. The highest BCUT2D eigenvalue weighted by Crippen LogP contribution is 2.31. The van der Waals surface area contributed by atoms with Crippen molar-refractivity contribution < 1.29 is 42.3 Å². The van der Waals surface area contributed by atoms with Crippen LogP contribution < -0.4 is 27.0 Å². The Morgan fingerprint density at radius 2 is 1.40 bits per heavy atom. The number of amides is 5. The molecule has 1 aliphatic carbocycles. The van der Waals surface area contributed by atoms with E-state index < -0.39 is 78.8 Å². The number of aliphatic hydroxyl groups excluding tert-OH is 1. The van der Waals surface area contributed by atoms with Gasteiger partial charge in [-0.1, -0.05) is 85.6 Å². The molecule has 4 rings (SSSR count). The summed E-state index contributed by atoms with van der Waals surface area (Å²) in [6.45, 7) is -0.793. The number of halogens is 3. The Hall–Kier alpha value is -5.24. The molecule has 14 heteroatoms. The van der Waals surface area contributed by atoms with Crippen LogP contribution in [0.3, 0.4) is 0 Å². The van der Waals surface area contributed by atoms with Gasteiger partial charge in [-0.3, -0.25) is 24.0 Å². The summed E-state index contributed by atoms with van der Waals surface area (Å²) >= 11 is 0. The predicted octanol–water partition coefficient (Wildman–Crippen LogP) is 2.91. The lowest BCUT2D eigenvalue weighted by atomic mass is 9.94. The Morgan fingerprint density at radius 1 is 0.820 bits per heavy atom. The van der Waals surface area contributed by atoms with Gasteiger partial charge in [-0.15, -0.1) is 0 Å². The summed E-state index contributed by atoms with van der Waals surface area (Å²) in [5.41, 5.74) is 6.61. The van der Waals surface area contributed by atoms with Crippen LogP contribution in [0.4, 0.5) is 13.2 Å². The van der Waals surface area contributed by atoms with Gasteiger partial charge in [-0.25, -0.2) is 0 Å². The van der Waals surface area contributed by atoms with Gasteiger partial charge < -0.3 is 32.1 Å². The van der Waals surface area contributed by atoms with Crippen molar-refractivity contribution >= 4 is 29.5 Å². The van der Waals surface area contributed by atoms with Crippen LogP contribution in [-0.4, -0.2) is 71.1 Å². The molecule has 0 radical (unpaired) electrons. The molecule has 11 nitrogen and oxygen atoms in total. The molecule has 0 saturated heterocycles. The number of nitrogens with two attached hydrogens (primary N) is 1. The van der Waals surface area contributed by atoms with E-state index in [0.717, 1.165) is 11.1 Å². The zero-order valence-electron chi connectivity index (χ0n) is 27.2. The first-order chi connectivity index (χ1) is 23.8. The number of carbonyl (C=O) groups is 5. The molecule has 2 unspecified atom stereocenters. The van der Waals surface area contributed by atoms with E-state index in [0.29, 0.717) is 36.8 Å². The highest BCUT2D eigenvalue weighted by molar-refractivity contribution is 6.01. The lowest BCUT2D eigenvalue weighted by Gasteiger charge is -2.31. The molecule has 3 aromatic rings. The van der Waals surface area contributed by atoms with Crippen LogP contribution in [0.25, 0.3) is 11.1 Å². The molecule has 0 heterocycles. The molecule has 7 N–H and O–H groups in total. The molecule has 0 spiro atoms. The monoisotopic (exact) mass is 695 g/mol. The Labute approximate surface area is 287 Å². The molecule has 1 saturated carbocycles. The minimum Gasteiger partial charge on any atom is -0.382 e. The molecular weight excluding hydrogens is 655 g/mol. The first-order valence-electron chi connectivity index (χ1n) is 16.2. The summed E-state index contributed by atoms with van der Waals surface area (Å²) in [6.07, 6.45) is -7.26. The minimum absolute atomic E-state index is 0.000961. The lowest BCUT2D eigenvalue weighted by Crippen LogP contribution is -2.61. The Kier molecular flexibility index (Phi) is 12.7. The number of alkyl halides is 3. The third-order valence-electron chi connectivity index (χ3n) is 8.59. The van der Waals surface area contributed by atoms with E-state index in [1.54, 1.807) is 42.5 Å². The maximum atomic E-state index is 13.9. The number of aliphatic hydroxyl groups is 1. The molecule has 1 fully saturated rings. The number of carbonyl (C=O) groups excluding carboxylic acids is 5. The molecule has 0 aromatic heterocycles. The predicted molar refractivity (Wildman–Crippen MR) is 178 cm³/mol. The van der Waals surface area contributed by atoms with Crippen LogP contribution in [-0.2, 0) is 25.6 Å². The summed E-state index contributed by atoms with van der Waals surface area (Å²) in [7, 11) is 0. The summed E-state index contributed by atoms with van der Waals surface area (Å²) in [5, 5.41) is 19.7. The first kappa shape index (κ1) is 37.6. The van der Waals surface area contributed by atoms with E-state index in [-0.39, 0.29) is 6.42 Å². The summed E-state index contributed by atoms with van der Waals surface area (Å²) in [6, 6.07) is 22.1. The second-order valence-corrected chi connectivity index (χ2v) is 12.3. The first-order valence-corrected chi connectivity index (χ1v) is 16.2. The average Bonchev–Trinajstić information content (AvgIpc) is 3.58. The van der Waals surface area contributed by atoms with E-state index in [9.17, 15) is 42.3 Å². The fourth-order valence-electron chi connectivity index (χ4n) is 5.86. The van der Waals surface area contributed by atoms with Gasteiger partial charge in [0.25, 0.3) is 5.91 Å². The molecule has 3 aromatic carbocycles. The zero-order chi connectivity index (χ0) is 36.3. The number of benzene rings is 3. The third-order valence-corrected chi connectivity index (χ3v) is 8.59. The van der Waals surface area contributed by atoms with Gasteiger partial charge in [-0.05, 0) is 48.1 Å². The fraction of sp³-hybridized carbons (Fsp3) is 0.361. The summed E-state index contributed by atoms with van der Waals surface area (Å²) in [4.78, 5) is 64.4. The van der Waals surface area contributed by atoms with Gasteiger partial charge in [0.2, 0.25) is 23.6 Å². The van der Waals surface area contributed by atoms with E-state index in [4.69, 9.17) is 5.73 Å². The maximum Gasteiger partial charge on any atom is 0.416 e. The standard InChI is InChI=1S/C36H40F3N5O6/c37-36(38,39)31(47)27(17-18-29(40)45)42-30(46)22-41-33(49)28(21-23-9-3-1-4-10-23)43-34(50)35(19-7-8-20-35)44-32(48)26-15-13-25(14-16-26)24-11-5-2-6-12-24/h1-6,9-16,27-28,31,47H,7-8,17-22H2,(H2,40,45)(H,41,49)(H,42,46)(H,43,50)(H,44,48)/t27?,28-,31?/m0/s1. The molecular formula is C36H40F3N5O6. The number of hydrogen-bond donors (Lipinski definition) is 6. The van der Waals surface area contributed by atoms with E-state index in [1.165, 1.54) is 0 Å². The van der Waals surface area contributed by atoms with Crippen molar-refractivity contribution in [2.45, 2.75) is 74.8 Å². The lowest BCUT2D eigenvalue weighted by molar-refractivity contribution is -0.212. The molecule has 0 bridgehead atoms. The van der Waals surface area contributed by atoms with Crippen molar-refractivity contribution in [1.82, 2.24) is 21.3 Å². The van der Waals surface area contributed by atoms with Crippen molar-refractivity contribution in [3.8, 4) is 11.1 Å². The normalized spacial score (nSPS) is 15.6. The minimum atomic E-state index is -5.10. The van der Waals surface area contributed by atoms with Gasteiger partial charge in [0.1, 0.15) is 11.6 Å². The highest BCUT2D eigenvalue weighted by Gasteiger charge is 2.45. The van der Waals surface area contributed by atoms with Crippen molar-refractivity contribution in [1.29, 1.82) is 0 Å². The highest BCUT2D eigenvalue weighted by atomic mass is 19.4.